The average molecular weight is 297 g/mol. The van der Waals surface area contributed by atoms with Crippen LogP contribution in [0, 0.1) is 0 Å². The standard InChI is InChI=1S/C14H21ClN4O/c1-14(2,3)18-13(20)10-4-5-11(15)17-12(10)19-7-6-9(16)8-19/h4-5,9H,6-8,16H2,1-3H3,(H,18,20)/t9-/m1/s1. The maximum Gasteiger partial charge on any atom is 0.255 e. The molecule has 1 aromatic rings. The van der Waals surface area contributed by atoms with E-state index in [1.54, 1.807) is 12.1 Å². The normalized spacial score (nSPS) is 19.2. The molecular formula is C14H21ClN4O. The topological polar surface area (TPSA) is 71.2 Å². The van der Waals surface area contributed by atoms with Gasteiger partial charge in [0.15, 0.2) is 0 Å². The van der Waals surface area contributed by atoms with Crippen LogP contribution in [0.4, 0.5) is 5.82 Å². The summed E-state index contributed by atoms with van der Waals surface area (Å²) in [6, 6.07) is 3.48. The molecule has 0 unspecified atom stereocenters. The highest BCUT2D eigenvalue weighted by molar-refractivity contribution is 6.29. The van der Waals surface area contributed by atoms with Gasteiger partial charge in [-0.3, -0.25) is 4.79 Å². The summed E-state index contributed by atoms with van der Waals surface area (Å²) in [7, 11) is 0. The van der Waals surface area contributed by atoms with Crippen LogP contribution in [0.2, 0.25) is 5.15 Å². The van der Waals surface area contributed by atoms with Gasteiger partial charge < -0.3 is 16.0 Å². The van der Waals surface area contributed by atoms with Crippen LogP contribution in [0.25, 0.3) is 0 Å². The Labute approximate surface area is 124 Å². The monoisotopic (exact) mass is 296 g/mol. The van der Waals surface area contributed by atoms with Crippen LogP contribution in [0.5, 0.6) is 0 Å². The van der Waals surface area contributed by atoms with Gasteiger partial charge in [-0.2, -0.15) is 0 Å². The van der Waals surface area contributed by atoms with Gasteiger partial charge in [0.25, 0.3) is 5.91 Å². The molecule has 20 heavy (non-hydrogen) atoms. The maximum atomic E-state index is 12.4. The van der Waals surface area contributed by atoms with Gasteiger partial charge in [0.2, 0.25) is 0 Å². The minimum atomic E-state index is -0.296. The quantitative estimate of drug-likeness (QED) is 0.817. The van der Waals surface area contributed by atoms with Crippen LogP contribution in [0.3, 0.4) is 0 Å². The molecule has 0 aliphatic carbocycles. The van der Waals surface area contributed by atoms with Gasteiger partial charge in [0.1, 0.15) is 11.0 Å². The first-order chi connectivity index (χ1) is 9.26. The zero-order chi connectivity index (χ0) is 14.9. The van der Waals surface area contributed by atoms with E-state index in [0.29, 0.717) is 23.1 Å². The summed E-state index contributed by atoms with van der Waals surface area (Å²) < 4.78 is 0. The van der Waals surface area contributed by atoms with Gasteiger partial charge in [-0.15, -0.1) is 0 Å². The lowest BCUT2D eigenvalue weighted by atomic mass is 10.1. The Morgan fingerprint density at radius 2 is 2.20 bits per heavy atom. The van der Waals surface area contributed by atoms with Crippen LogP contribution in [-0.4, -0.2) is 35.6 Å². The molecule has 1 aromatic heterocycles. The van der Waals surface area contributed by atoms with E-state index in [9.17, 15) is 4.79 Å². The van der Waals surface area contributed by atoms with Crippen molar-refractivity contribution in [3.8, 4) is 0 Å². The minimum Gasteiger partial charge on any atom is -0.354 e. The summed E-state index contributed by atoms with van der Waals surface area (Å²) >= 11 is 5.97. The third-order valence-corrected chi connectivity index (χ3v) is 3.31. The number of pyridine rings is 1. The number of nitrogens with two attached hydrogens (primary N) is 1. The van der Waals surface area contributed by atoms with Crippen molar-refractivity contribution < 1.29 is 4.79 Å². The fraction of sp³-hybridized carbons (Fsp3) is 0.571. The Hall–Kier alpha value is -1.33. The van der Waals surface area contributed by atoms with E-state index < -0.39 is 0 Å². The highest BCUT2D eigenvalue weighted by Gasteiger charge is 2.26. The first kappa shape index (κ1) is 15.1. The zero-order valence-electron chi connectivity index (χ0n) is 12.1. The first-order valence-corrected chi connectivity index (χ1v) is 7.13. The molecule has 2 heterocycles. The number of carbonyl (C=O) groups excluding carboxylic acids is 1. The second kappa shape index (κ2) is 5.58. The molecule has 5 nitrogen and oxygen atoms in total. The molecule has 1 aliphatic heterocycles. The highest BCUT2D eigenvalue weighted by Crippen LogP contribution is 2.24. The number of hydrogen-bond acceptors (Lipinski definition) is 4. The fourth-order valence-electron chi connectivity index (χ4n) is 2.23. The van der Waals surface area contributed by atoms with Crippen molar-refractivity contribution in [3.05, 3.63) is 22.8 Å². The molecule has 110 valence electrons. The Morgan fingerprint density at radius 3 is 2.75 bits per heavy atom. The molecule has 0 radical (unpaired) electrons. The number of carbonyl (C=O) groups is 1. The lowest BCUT2D eigenvalue weighted by molar-refractivity contribution is 0.0920. The molecule has 0 bridgehead atoms. The summed E-state index contributed by atoms with van der Waals surface area (Å²) in [5, 5.41) is 3.33. The Kier molecular flexibility index (Phi) is 4.20. The van der Waals surface area contributed by atoms with E-state index in [1.165, 1.54) is 0 Å². The van der Waals surface area contributed by atoms with Crippen LogP contribution in [-0.2, 0) is 0 Å². The number of halogens is 1. The third kappa shape index (κ3) is 3.61. The zero-order valence-corrected chi connectivity index (χ0v) is 12.9. The number of hydrogen-bond donors (Lipinski definition) is 2. The fourth-order valence-corrected chi connectivity index (χ4v) is 2.37. The number of rotatable bonds is 2. The predicted molar refractivity (Wildman–Crippen MR) is 81.3 cm³/mol. The summed E-state index contributed by atoms with van der Waals surface area (Å²) in [6.45, 7) is 7.33. The van der Waals surface area contributed by atoms with Gasteiger partial charge in [-0.1, -0.05) is 11.6 Å². The van der Waals surface area contributed by atoms with E-state index >= 15 is 0 Å². The van der Waals surface area contributed by atoms with Gasteiger partial charge in [0, 0.05) is 24.7 Å². The van der Waals surface area contributed by atoms with Crippen molar-refractivity contribution >= 4 is 23.3 Å². The van der Waals surface area contributed by atoms with Crippen molar-refractivity contribution in [3.63, 3.8) is 0 Å². The molecule has 1 saturated heterocycles. The van der Waals surface area contributed by atoms with Crippen LogP contribution < -0.4 is 16.0 Å². The molecule has 3 N–H and O–H groups in total. The predicted octanol–water partition coefficient (Wildman–Crippen LogP) is 1.80. The van der Waals surface area contributed by atoms with Crippen LogP contribution in [0.1, 0.15) is 37.6 Å². The Morgan fingerprint density at radius 1 is 1.50 bits per heavy atom. The molecular weight excluding hydrogens is 276 g/mol. The van der Waals surface area contributed by atoms with Gasteiger partial charge in [0.05, 0.1) is 5.56 Å². The molecule has 1 aliphatic rings. The second-order valence-corrected chi connectivity index (χ2v) is 6.59. The number of aromatic nitrogens is 1. The lowest BCUT2D eigenvalue weighted by Gasteiger charge is -2.24. The number of nitrogens with zero attached hydrogens (tertiary/aromatic N) is 2. The summed E-state index contributed by atoms with van der Waals surface area (Å²) in [5.41, 5.74) is 6.17. The summed E-state index contributed by atoms with van der Waals surface area (Å²) in [6.07, 6.45) is 0.897. The van der Waals surface area contributed by atoms with Gasteiger partial charge in [-0.05, 0) is 39.3 Å². The molecule has 6 heteroatoms. The average Bonchev–Trinajstić information content (AvgIpc) is 2.73. The van der Waals surface area contributed by atoms with Crippen molar-refractivity contribution in [1.29, 1.82) is 0 Å². The molecule has 0 spiro atoms. The van der Waals surface area contributed by atoms with Crippen molar-refractivity contribution in [1.82, 2.24) is 10.3 Å². The molecule has 2 rings (SSSR count). The number of amides is 1. The van der Waals surface area contributed by atoms with E-state index in [1.807, 2.05) is 25.7 Å². The van der Waals surface area contributed by atoms with Gasteiger partial charge in [-0.25, -0.2) is 4.98 Å². The second-order valence-electron chi connectivity index (χ2n) is 6.20. The van der Waals surface area contributed by atoms with E-state index in [0.717, 1.165) is 13.0 Å². The van der Waals surface area contributed by atoms with Crippen LogP contribution >= 0.6 is 11.6 Å². The largest absolute Gasteiger partial charge is 0.354 e. The van der Waals surface area contributed by atoms with Crippen molar-refractivity contribution in [2.24, 2.45) is 5.73 Å². The molecule has 1 atom stereocenters. The highest BCUT2D eigenvalue weighted by atomic mass is 35.5. The molecule has 0 aromatic carbocycles. The minimum absolute atomic E-state index is 0.120. The smallest absolute Gasteiger partial charge is 0.255 e. The Balaban J connectivity index is 2.31. The first-order valence-electron chi connectivity index (χ1n) is 6.76. The van der Waals surface area contributed by atoms with E-state index in [-0.39, 0.29) is 17.5 Å². The Bertz CT molecular complexity index is 512. The van der Waals surface area contributed by atoms with Crippen LogP contribution in [0.15, 0.2) is 12.1 Å². The third-order valence-electron chi connectivity index (χ3n) is 3.10. The molecule has 1 fully saturated rings. The van der Waals surface area contributed by atoms with Crippen molar-refractivity contribution in [2.75, 3.05) is 18.0 Å². The summed E-state index contributed by atoms with van der Waals surface area (Å²) in [5.74, 6) is 0.476. The lowest BCUT2D eigenvalue weighted by Crippen LogP contribution is -2.41. The van der Waals surface area contributed by atoms with Gasteiger partial charge >= 0.3 is 0 Å². The maximum absolute atomic E-state index is 12.4. The summed E-state index contributed by atoms with van der Waals surface area (Å²) in [4.78, 5) is 18.7. The van der Waals surface area contributed by atoms with E-state index in [2.05, 4.69) is 10.3 Å². The SMILES string of the molecule is CC(C)(C)NC(=O)c1ccc(Cl)nc1N1CC[C@@H](N)C1. The molecule has 1 amide bonds. The number of anilines is 1. The molecule has 0 saturated carbocycles. The number of nitrogens with one attached hydrogen (secondary N) is 1. The van der Waals surface area contributed by atoms with Crippen molar-refractivity contribution in [2.45, 2.75) is 38.8 Å². The van der Waals surface area contributed by atoms with E-state index in [4.69, 9.17) is 17.3 Å².